The van der Waals surface area contributed by atoms with Gasteiger partial charge in [0.05, 0.1) is 33.7 Å². The highest BCUT2D eigenvalue weighted by molar-refractivity contribution is 7.89. The van der Waals surface area contributed by atoms with Crippen LogP contribution in [0.1, 0.15) is 70.0 Å². The number of hydrogen-bond donors (Lipinski definition) is 1. The van der Waals surface area contributed by atoms with Crippen molar-refractivity contribution in [3.63, 3.8) is 0 Å². The van der Waals surface area contributed by atoms with Crippen molar-refractivity contribution in [3.05, 3.63) is 88.5 Å². The zero-order chi connectivity index (χ0) is 30.7. The van der Waals surface area contributed by atoms with Crippen molar-refractivity contribution in [2.24, 2.45) is 13.0 Å². The topological polar surface area (TPSA) is 123 Å². The van der Waals surface area contributed by atoms with E-state index in [1.54, 1.807) is 46.9 Å². The Bertz CT molecular complexity index is 1820. The molecule has 2 aromatic heterocycles. The molecule has 10 nitrogen and oxygen atoms in total. The highest BCUT2D eigenvalue weighted by Crippen LogP contribution is 2.55. The summed E-state index contributed by atoms with van der Waals surface area (Å²) in [5.41, 5.74) is 1.85. The molecule has 1 aliphatic carbocycles. The maximum atomic E-state index is 13.8. The SMILES string of the molecule is CC[C@H]1Cc2ccc(C(F)(F)F)cc2S(=O)(=O)N(Cc2cccc(-n3ncc(C(=O)O)c3[C@@H]3C[C@H]3c3cn(C)nn3)c2)C1. The highest BCUT2D eigenvalue weighted by atomic mass is 32.2. The van der Waals surface area contributed by atoms with E-state index in [2.05, 4.69) is 15.4 Å². The fourth-order valence-corrected chi connectivity index (χ4v) is 7.66. The lowest BCUT2D eigenvalue weighted by Gasteiger charge is -2.24. The third kappa shape index (κ3) is 5.44. The maximum Gasteiger partial charge on any atom is 0.416 e. The van der Waals surface area contributed by atoms with E-state index in [4.69, 9.17) is 0 Å². The molecule has 3 heterocycles. The average molecular weight is 615 g/mol. The summed E-state index contributed by atoms with van der Waals surface area (Å²) in [4.78, 5) is 11.8. The molecule has 6 rings (SSSR count). The lowest BCUT2D eigenvalue weighted by molar-refractivity contribution is -0.137. The molecule has 226 valence electrons. The minimum atomic E-state index is -4.68. The first-order chi connectivity index (χ1) is 20.4. The van der Waals surface area contributed by atoms with Crippen molar-refractivity contribution in [2.45, 2.75) is 55.6 Å². The Morgan fingerprint density at radius 1 is 1.14 bits per heavy atom. The first-order valence-corrected chi connectivity index (χ1v) is 15.3. The fraction of sp³-hybridized carbons (Fsp3) is 0.379. The summed E-state index contributed by atoms with van der Waals surface area (Å²) in [7, 11) is -2.50. The largest absolute Gasteiger partial charge is 0.478 e. The van der Waals surface area contributed by atoms with Crippen molar-refractivity contribution < 1.29 is 31.5 Å². The number of benzene rings is 2. The first kappa shape index (κ1) is 29.1. The number of alkyl halides is 3. The number of sulfonamides is 1. The van der Waals surface area contributed by atoms with Gasteiger partial charge in [-0.1, -0.05) is 36.8 Å². The molecule has 0 saturated heterocycles. The molecule has 0 spiro atoms. The number of nitrogens with zero attached hydrogens (tertiary/aromatic N) is 6. The molecule has 3 atom stereocenters. The third-order valence-corrected chi connectivity index (χ3v) is 10.1. The summed E-state index contributed by atoms with van der Waals surface area (Å²) in [5.74, 6) is -1.36. The van der Waals surface area contributed by atoms with Crippen molar-refractivity contribution in [2.75, 3.05) is 6.54 Å². The van der Waals surface area contributed by atoms with Crippen LogP contribution in [0.15, 0.2) is 59.8 Å². The van der Waals surface area contributed by atoms with Crippen molar-refractivity contribution in [1.82, 2.24) is 29.1 Å². The summed E-state index contributed by atoms with van der Waals surface area (Å²) >= 11 is 0. The van der Waals surface area contributed by atoms with Crippen molar-refractivity contribution in [1.29, 1.82) is 0 Å². The van der Waals surface area contributed by atoms with Gasteiger partial charge in [-0.3, -0.25) is 4.68 Å². The van der Waals surface area contributed by atoms with Crippen LogP contribution in [0.3, 0.4) is 0 Å². The molecule has 0 unspecified atom stereocenters. The van der Waals surface area contributed by atoms with E-state index in [9.17, 15) is 31.5 Å². The molecule has 0 radical (unpaired) electrons. The number of halogens is 3. The van der Waals surface area contributed by atoms with Gasteiger partial charge in [0.15, 0.2) is 0 Å². The van der Waals surface area contributed by atoms with Crippen molar-refractivity contribution >= 4 is 16.0 Å². The predicted octanol–water partition coefficient (Wildman–Crippen LogP) is 4.76. The molecule has 1 fully saturated rings. The van der Waals surface area contributed by atoms with Crippen LogP contribution in [0.4, 0.5) is 13.2 Å². The summed E-state index contributed by atoms with van der Waals surface area (Å²) in [6.45, 7) is 2.00. The molecule has 1 N–H and O–H groups in total. The van der Waals surface area contributed by atoms with E-state index >= 15 is 0 Å². The first-order valence-electron chi connectivity index (χ1n) is 13.8. The molecule has 2 aliphatic rings. The molecule has 0 bridgehead atoms. The third-order valence-electron chi connectivity index (χ3n) is 8.25. The Kier molecular flexibility index (Phi) is 7.16. The molecule has 1 aliphatic heterocycles. The maximum absolute atomic E-state index is 13.8. The molecule has 14 heteroatoms. The molecular weight excluding hydrogens is 585 g/mol. The van der Waals surface area contributed by atoms with E-state index in [-0.39, 0.29) is 41.3 Å². The molecule has 1 saturated carbocycles. The number of aromatic carboxylic acids is 1. The van der Waals surface area contributed by atoms with E-state index < -0.39 is 27.7 Å². The summed E-state index contributed by atoms with van der Waals surface area (Å²) in [6, 6.07) is 9.88. The predicted molar refractivity (Wildman–Crippen MR) is 148 cm³/mol. The Labute approximate surface area is 245 Å². The second-order valence-corrected chi connectivity index (χ2v) is 13.1. The normalized spacial score (nSPS) is 21.7. The Balaban J connectivity index is 1.34. The lowest BCUT2D eigenvalue weighted by atomic mass is 9.96. The highest BCUT2D eigenvalue weighted by Gasteiger charge is 2.46. The number of aryl methyl sites for hydroxylation is 1. The van der Waals surface area contributed by atoms with E-state index in [1.807, 2.05) is 6.92 Å². The summed E-state index contributed by atoms with van der Waals surface area (Å²) in [6.07, 6.45) is 0.0977. The number of fused-ring (bicyclic) bond motifs is 1. The summed E-state index contributed by atoms with van der Waals surface area (Å²) in [5, 5.41) is 22.4. The quantitative estimate of drug-likeness (QED) is 0.318. The van der Waals surface area contributed by atoms with Gasteiger partial charge in [0.1, 0.15) is 5.56 Å². The van der Waals surface area contributed by atoms with Gasteiger partial charge in [-0.15, -0.1) is 5.10 Å². The van der Waals surface area contributed by atoms with Crippen molar-refractivity contribution in [3.8, 4) is 5.69 Å². The number of aromatic nitrogens is 5. The van der Waals surface area contributed by atoms with Gasteiger partial charge in [0.25, 0.3) is 0 Å². The smallest absolute Gasteiger partial charge is 0.416 e. The van der Waals surface area contributed by atoms with Gasteiger partial charge in [0.2, 0.25) is 10.0 Å². The van der Waals surface area contributed by atoms with E-state index in [0.29, 0.717) is 41.8 Å². The van der Waals surface area contributed by atoms with Crippen LogP contribution >= 0.6 is 0 Å². The zero-order valence-electron chi connectivity index (χ0n) is 23.4. The molecule has 4 aromatic rings. The molecular formula is C29H29F3N6O4S. The van der Waals surface area contributed by atoms with Crippen LogP contribution in [0.2, 0.25) is 0 Å². The lowest BCUT2D eigenvalue weighted by Crippen LogP contribution is -2.33. The minimum absolute atomic E-state index is 0.0136. The zero-order valence-corrected chi connectivity index (χ0v) is 24.2. The fourth-order valence-electron chi connectivity index (χ4n) is 5.90. The van der Waals surface area contributed by atoms with Crippen LogP contribution in [-0.2, 0) is 36.2 Å². The molecule has 43 heavy (non-hydrogen) atoms. The van der Waals surface area contributed by atoms with Gasteiger partial charge in [0, 0.05) is 38.2 Å². The number of carboxylic acids is 1. The number of carboxylic acid groups (broad SMARTS) is 1. The Hall–Kier alpha value is -4.04. The van der Waals surface area contributed by atoms with Crippen LogP contribution in [-0.4, -0.2) is 55.1 Å². The number of rotatable bonds is 7. The Morgan fingerprint density at radius 3 is 2.60 bits per heavy atom. The second-order valence-electron chi connectivity index (χ2n) is 11.2. The van der Waals surface area contributed by atoms with Gasteiger partial charge in [-0.05, 0) is 54.2 Å². The van der Waals surface area contributed by atoms with Gasteiger partial charge in [-0.25, -0.2) is 17.9 Å². The van der Waals surface area contributed by atoms with Crippen LogP contribution in [0.25, 0.3) is 5.69 Å². The van der Waals surface area contributed by atoms with E-state index in [1.165, 1.54) is 16.6 Å². The standard InChI is InChI=1S/C29H29F3N6O4S/c1-3-17-9-19-7-8-20(29(30,31)32)11-26(19)43(41,42)37(14-17)15-18-5-4-6-21(10-18)38-27(24(13-33-38)28(39)40)23-12-22(23)25-16-36(2)35-34-25/h4-8,10-11,13,16-17,22-23H,3,9,12,14-15H2,1-2H3,(H,39,40)/t17-,22+,23+/m0/s1. The minimum Gasteiger partial charge on any atom is -0.478 e. The molecule has 2 aromatic carbocycles. The molecule has 0 amide bonds. The average Bonchev–Trinajstić information content (AvgIpc) is 3.43. The Morgan fingerprint density at radius 2 is 1.93 bits per heavy atom. The number of carbonyl (C=O) groups is 1. The van der Waals surface area contributed by atoms with Crippen LogP contribution in [0, 0.1) is 5.92 Å². The monoisotopic (exact) mass is 614 g/mol. The van der Waals surface area contributed by atoms with Crippen LogP contribution in [0.5, 0.6) is 0 Å². The van der Waals surface area contributed by atoms with Gasteiger partial charge < -0.3 is 5.11 Å². The van der Waals surface area contributed by atoms with E-state index in [0.717, 1.165) is 17.8 Å². The number of hydrogen-bond acceptors (Lipinski definition) is 6. The summed E-state index contributed by atoms with van der Waals surface area (Å²) < 4.78 is 72.5. The van der Waals surface area contributed by atoms with Crippen LogP contribution < -0.4 is 0 Å². The van der Waals surface area contributed by atoms with Gasteiger partial charge in [-0.2, -0.15) is 22.6 Å². The van der Waals surface area contributed by atoms with Gasteiger partial charge >= 0.3 is 12.1 Å². The second kappa shape index (κ2) is 10.6.